The van der Waals surface area contributed by atoms with Gasteiger partial charge >= 0.3 is 0 Å². The van der Waals surface area contributed by atoms with Crippen molar-refractivity contribution in [3.8, 4) is 0 Å². The number of aliphatic hydroxyl groups is 1. The van der Waals surface area contributed by atoms with Gasteiger partial charge in [-0.3, -0.25) is 10.1 Å². The Morgan fingerprint density at radius 1 is 0.947 bits per heavy atom. The number of amides is 1. The number of nitrogens with two attached hydrogens (primary N) is 1. The predicted octanol–water partition coefficient (Wildman–Crippen LogP) is 2.94. The molecule has 116 valence electrons. The maximum Gasteiger partial charge on any atom is 0.217 e. The molecule has 0 aromatic heterocycles. The van der Waals surface area contributed by atoms with E-state index in [0.29, 0.717) is 6.42 Å². The van der Waals surface area contributed by atoms with Gasteiger partial charge in [0.1, 0.15) is 0 Å². The van der Waals surface area contributed by atoms with E-state index in [2.05, 4.69) is 12.2 Å². The third kappa shape index (κ3) is 26.8. The second kappa shape index (κ2) is 19.7. The first-order chi connectivity index (χ1) is 9.18. The minimum atomic E-state index is -0.159. The lowest BCUT2D eigenvalue weighted by Gasteiger charge is -2.00. The summed E-state index contributed by atoms with van der Waals surface area (Å²) < 4.78 is 0. The molecule has 0 aliphatic heterocycles. The van der Waals surface area contributed by atoms with Gasteiger partial charge in [0.15, 0.2) is 0 Å². The first-order valence-electron chi connectivity index (χ1n) is 7.78. The molecule has 0 rings (SSSR count). The Hall–Kier alpha value is -0.610. The monoisotopic (exact) mass is 274 g/mol. The summed E-state index contributed by atoms with van der Waals surface area (Å²) in [7, 11) is 0. The normalized spacial score (nSPS) is 9.84. The first-order valence-corrected chi connectivity index (χ1v) is 7.78. The Labute approximate surface area is 119 Å². The van der Waals surface area contributed by atoms with E-state index in [4.69, 9.17) is 10.8 Å². The summed E-state index contributed by atoms with van der Waals surface area (Å²) in [4.78, 5) is 10.4. The molecule has 0 heterocycles. The molecule has 0 saturated heterocycles. The van der Waals surface area contributed by atoms with Crippen molar-refractivity contribution < 1.29 is 9.90 Å². The van der Waals surface area contributed by atoms with E-state index in [1.54, 1.807) is 0 Å². The van der Waals surface area contributed by atoms with Crippen LogP contribution in [0.1, 0.15) is 78.1 Å². The van der Waals surface area contributed by atoms with Crippen LogP contribution in [-0.4, -0.2) is 24.3 Å². The van der Waals surface area contributed by atoms with E-state index in [1.165, 1.54) is 44.9 Å². The zero-order valence-corrected chi connectivity index (χ0v) is 12.9. The van der Waals surface area contributed by atoms with Crippen LogP contribution in [0.25, 0.3) is 0 Å². The van der Waals surface area contributed by atoms with E-state index in [0.717, 1.165) is 19.4 Å². The smallest absolute Gasteiger partial charge is 0.217 e. The number of unbranched alkanes of at least 4 members (excludes halogenated alkanes) is 8. The van der Waals surface area contributed by atoms with Crippen molar-refractivity contribution in [3.05, 3.63) is 0 Å². The second-order valence-electron chi connectivity index (χ2n) is 4.81. The van der Waals surface area contributed by atoms with Gasteiger partial charge in [-0.25, -0.2) is 0 Å². The number of hydrogen-bond donors (Lipinski definition) is 3. The molecule has 0 radical (unpaired) electrons. The Morgan fingerprint density at radius 3 is 1.74 bits per heavy atom. The second-order valence-corrected chi connectivity index (χ2v) is 4.81. The third-order valence-electron chi connectivity index (χ3n) is 2.89. The molecule has 1 amide bonds. The van der Waals surface area contributed by atoms with Gasteiger partial charge in [-0.2, -0.15) is 0 Å². The molecular weight excluding hydrogens is 240 g/mol. The first kappa shape index (κ1) is 20.7. The molecular formula is C15H34N2O2. The summed E-state index contributed by atoms with van der Waals surface area (Å²) in [6.07, 6.45) is 12.1. The Morgan fingerprint density at radius 2 is 1.42 bits per heavy atom. The lowest BCUT2D eigenvalue weighted by molar-refractivity contribution is -0.118. The number of rotatable bonds is 12. The highest BCUT2D eigenvalue weighted by molar-refractivity contribution is 5.73. The molecule has 0 unspecified atom stereocenters. The molecule has 4 N–H and O–H groups in total. The van der Waals surface area contributed by atoms with E-state index in [9.17, 15) is 4.79 Å². The summed E-state index contributed by atoms with van der Waals surface area (Å²) in [6.45, 7) is 5.12. The molecule has 4 heteroatoms. The maximum atomic E-state index is 10.4. The highest BCUT2D eigenvalue weighted by Crippen LogP contribution is 2.10. The van der Waals surface area contributed by atoms with Crippen molar-refractivity contribution in [1.82, 2.24) is 5.32 Å². The maximum absolute atomic E-state index is 10.4. The van der Waals surface area contributed by atoms with Gasteiger partial charge in [0, 0.05) is 6.42 Å². The highest BCUT2D eigenvalue weighted by Gasteiger charge is 1.94. The number of carbonyl (C=O) groups excluding carboxylic acids is 1. The molecule has 0 aliphatic carbocycles. The van der Waals surface area contributed by atoms with E-state index < -0.39 is 0 Å². The van der Waals surface area contributed by atoms with Crippen molar-refractivity contribution in [2.75, 3.05) is 13.3 Å². The van der Waals surface area contributed by atoms with Gasteiger partial charge in [0.25, 0.3) is 0 Å². The topological polar surface area (TPSA) is 75.4 Å². The van der Waals surface area contributed by atoms with Crippen LogP contribution in [0, 0.1) is 0 Å². The molecule has 0 spiro atoms. The minimum absolute atomic E-state index is 0.0938. The lowest BCUT2D eigenvalue weighted by atomic mass is 10.1. The van der Waals surface area contributed by atoms with Crippen LogP contribution in [0.2, 0.25) is 0 Å². The van der Waals surface area contributed by atoms with Gasteiger partial charge in [-0.05, 0) is 13.0 Å². The molecule has 0 fully saturated rings. The van der Waals surface area contributed by atoms with Gasteiger partial charge in [-0.1, -0.05) is 65.2 Å². The molecule has 4 nitrogen and oxygen atoms in total. The van der Waals surface area contributed by atoms with Gasteiger partial charge in [-0.15, -0.1) is 0 Å². The van der Waals surface area contributed by atoms with Crippen molar-refractivity contribution in [2.45, 2.75) is 78.1 Å². The number of primary amides is 1. The molecule has 19 heavy (non-hydrogen) atoms. The Balaban J connectivity index is 0. The fraction of sp³-hybridized carbons (Fsp3) is 0.933. The minimum Gasteiger partial charge on any atom is -0.381 e. The summed E-state index contributed by atoms with van der Waals surface area (Å²) in [5.74, 6) is -0.159. The molecule has 0 aliphatic rings. The zero-order valence-electron chi connectivity index (χ0n) is 12.9. The van der Waals surface area contributed by atoms with Crippen LogP contribution in [0.5, 0.6) is 0 Å². The third-order valence-corrected chi connectivity index (χ3v) is 2.89. The quantitative estimate of drug-likeness (QED) is 0.378. The van der Waals surface area contributed by atoms with Crippen molar-refractivity contribution in [3.63, 3.8) is 0 Å². The van der Waals surface area contributed by atoms with Gasteiger partial charge in [0.05, 0.1) is 6.73 Å². The Bertz CT molecular complexity index is 174. The van der Waals surface area contributed by atoms with Gasteiger partial charge < -0.3 is 10.8 Å². The van der Waals surface area contributed by atoms with Crippen molar-refractivity contribution in [2.24, 2.45) is 5.73 Å². The van der Waals surface area contributed by atoms with E-state index in [-0.39, 0.29) is 12.6 Å². The largest absolute Gasteiger partial charge is 0.381 e. The van der Waals surface area contributed by atoms with Crippen molar-refractivity contribution in [1.29, 1.82) is 0 Å². The lowest BCUT2D eigenvalue weighted by Crippen LogP contribution is -2.12. The molecule has 0 atom stereocenters. The van der Waals surface area contributed by atoms with Crippen LogP contribution < -0.4 is 11.1 Å². The fourth-order valence-electron chi connectivity index (χ4n) is 1.72. The van der Waals surface area contributed by atoms with Crippen LogP contribution >= 0.6 is 0 Å². The van der Waals surface area contributed by atoms with Crippen LogP contribution in [0.4, 0.5) is 0 Å². The number of hydrogen-bond acceptors (Lipinski definition) is 3. The standard InChI is InChI=1S/C12H25NO.C3H9NO/c1-2-3-4-5-6-7-8-9-10-11-12(13)14;1-2-4-3-5/h2-11H2,1H3,(H2,13,14);4-5H,2-3H2,1H3. The molecule has 0 aromatic carbocycles. The van der Waals surface area contributed by atoms with E-state index >= 15 is 0 Å². The molecule has 0 saturated carbocycles. The van der Waals surface area contributed by atoms with Crippen LogP contribution in [0.15, 0.2) is 0 Å². The highest BCUT2D eigenvalue weighted by atomic mass is 16.3. The fourth-order valence-corrected chi connectivity index (χ4v) is 1.72. The Kier molecular flexibility index (Phi) is 21.5. The predicted molar refractivity (Wildman–Crippen MR) is 81.8 cm³/mol. The summed E-state index contributed by atoms with van der Waals surface area (Å²) in [5.41, 5.74) is 5.05. The van der Waals surface area contributed by atoms with Gasteiger partial charge in [0.2, 0.25) is 5.91 Å². The number of aliphatic hydroxyl groups excluding tert-OH is 1. The number of nitrogens with one attached hydrogen (secondary N) is 1. The SMILES string of the molecule is CCCCCCCCCCCC(N)=O.CCNCO. The van der Waals surface area contributed by atoms with Crippen LogP contribution in [0.3, 0.4) is 0 Å². The average Bonchev–Trinajstić information content (AvgIpc) is 2.38. The van der Waals surface area contributed by atoms with Crippen LogP contribution in [-0.2, 0) is 4.79 Å². The van der Waals surface area contributed by atoms with E-state index in [1.807, 2.05) is 6.92 Å². The summed E-state index contributed by atoms with van der Waals surface area (Å²) in [6, 6.07) is 0. The summed E-state index contributed by atoms with van der Waals surface area (Å²) >= 11 is 0. The molecule has 0 bridgehead atoms. The average molecular weight is 274 g/mol. The summed E-state index contributed by atoms with van der Waals surface area (Å²) in [5, 5.41) is 10.6. The zero-order chi connectivity index (χ0) is 14.8. The number of carbonyl (C=O) groups is 1. The van der Waals surface area contributed by atoms with Crippen molar-refractivity contribution >= 4 is 5.91 Å². The molecule has 0 aromatic rings.